The van der Waals surface area contributed by atoms with Gasteiger partial charge in [0.05, 0.1) is 10.7 Å². The molecule has 0 atom stereocenters. The van der Waals surface area contributed by atoms with E-state index < -0.39 is 0 Å². The van der Waals surface area contributed by atoms with E-state index in [4.69, 9.17) is 4.74 Å². The molecule has 0 aliphatic heterocycles. The van der Waals surface area contributed by atoms with Crippen LogP contribution >= 0.6 is 22.6 Å². The van der Waals surface area contributed by atoms with E-state index in [0.717, 1.165) is 14.7 Å². The lowest BCUT2D eigenvalue weighted by Crippen LogP contribution is -1.88. The Kier molecular flexibility index (Phi) is 2.35. The molecule has 13 heavy (non-hydrogen) atoms. The van der Waals surface area contributed by atoms with E-state index in [2.05, 4.69) is 27.6 Å². The number of hydrogen-bond donors (Lipinski definition) is 0. The summed E-state index contributed by atoms with van der Waals surface area (Å²) >= 11 is 2.27. The van der Waals surface area contributed by atoms with E-state index in [1.54, 1.807) is 13.3 Å². The first-order chi connectivity index (χ1) is 6.33. The number of hydrogen-bond acceptors (Lipinski definition) is 2. The van der Waals surface area contributed by atoms with E-state index in [1.165, 1.54) is 5.39 Å². The van der Waals surface area contributed by atoms with Crippen molar-refractivity contribution in [2.75, 3.05) is 7.11 Å². The van der Waals surface area contributed by atoms with Gasteiger partial charge in [-0.05, 0) is 40.1 Å². The molecule has 0 amide bonds. The number of methoxy groups -OCH3 is 1. The molecule has 0 fully saturated rings. The molecule has 66 valence electrons. The maximum Gasteiger partial charge on any atom is 0.132 e. The van der Waals surface area contributed by atoms with Gasteiger partial charge in [0.15, 0.2) is 0 Å². The highest BCUT2D eigenvalue weighted by atomic mass is 127. The van der Waals surface area contributed by atoms with Gasteiger partial charge in [-0.2, -0.15) is 0 Å². The third-order valence-corrected chi connectivity index (χ3v) is 3.05. The fourth-order valence-corrected chi connectivity index (χ4v) is 2.11. The molecular weight excluding hydrogens is 277 g/mol. The first-order valence-electron chi connectivity index (χ1n) is 3.89. The van der Waals surface area contributed by atoms with Crippen LogP contribution < -0.4 is 4.74 Å². The molecule has 0 unspecified atom stereocenters. The van der Waals surface area contributed by atoms with Crippen LogP contribution in [-0.4, -0.2) is 12.1 Å². The van der Waals surface area contributed by atoms with Crippen molar-refractivity contribution in [1.82, 2.24) is 4.98 Å². The minimum atomic E-state index is 0.904. The van der Waals surface area contributed by atoms with Gasteiger partial charge < -0.3 is 4.74 Å². The molecule has 0 N–H and O–H groups in total. The van der Waals surface area contributed by atoms with E-state index in [9.17, 15) is 0 Å². The highest BCUT2D eigenvalue weighted by Crippen LogP contribution is 2.28. The van der Waals surface area contributed by atoms with E-state index in [1.807, 2.05) is 24.4 Å². The summed E-state index contributed by atoms with van der Waals surface area (Å²) < 4.78 is 6.33. The van der Waals surface area contributed by atoms with Crippen molar-refractivity contribution in [3.63, 3.8) is 0 Å². The van der Waals surface area contributed by atoms with Gasteiger partial charge in [0.1, 0.15) is 5.75 Å². The lowest BCUT2D eigenvalue weighted by atomic mass is 10.2. The van der Waals surface area contributed by atoms with Crippen molar-refractivity contribution < 1.29 is 4.74 Å². The zero-order valence-corrected chi connectivity index (χ0v) is 9.28. The number of aromatic nitrogens is 1. The molecule has 2 aromatic rings. The lowest BCUT2D eigenvalue weighted by molar-refractivity contribution is 0.412. The Morgan fingerprint density at radius 1 is 1.31 bits per heavy atom. The summed E-state index contributed by atoms with van der Waals surface area (Å²) in [6.45, 7) is 0. The zero-order chi connectivity index (χ0) is 9.26. The molecule has 0 radical (unpaired) electrons. The quantitative estimate of drug-likeness (QED) is 0.752. The third-order valence-electron chi connectivity index (χ3n) is 1.94. The minimum absolute atomic E-state index is 0.904. The van der Waals surface area contributed by atoms with Crippen molar-refractivity contribution in [1.29, 1.82) is 0 Å². The van der Waals surface area contributed by atoms with E-state index >= 15 is 0 Å². The summed E-state index contributed by atoms with van der Waals surface area (Å²) in [4.78, 5) is 4.09. The molecule has 1 aromatic carbocycles. The van der Waals surface area contributed by atoms with Gasteiger partial charge in [-0.15, -0.1) is 0 Å². The van der Waals surface area contributed by atoms with Gasteiger partial charge in [-0.25, -0.2) is 0 Å². The van der Waals surface area contributed by atoms with E-state index in [0.29, 0.717) is 0 Å². The van der Waals surface area contributed by atoms with Crippen LogP contribution in [0.2, 0.25) is 0 Å². The summed E-state index contributed by atoms with van der Waals surface area (Å²) in [7, 11) is 1.68. The Hall–Kier alpha value is -0.840. The molecule has 0 saturated carbocycles. The van der Waals surface area contributed by atoms with Crippen LogP contribution in [0.4, 0.5) is 0 Å². The fourth-order valence-electron chi connectivity index (χ4n) is 1.26. The molecule has 0 aliphatic rings. The summed E-state index contributed by atoms with van der Waals surface area (Å²) in [5, 5.41) is 2.34. The Balaban J connectivity index is 2.79. The van der Waals surface area contributed by atoms with Crippen LogP contribution in [-0.2, 0) is 0 Å². The van der Waals surface area contributed by atoms with Crippen molar-refractivity contribution in [2.45, 2.75) is 0 Å². The molecule has 0 aliphatic carbocycles. The lowest BCUT2D eigenvalue weighted by Gasteiger charge is -2.05. The van der Waals surface area contributed by atoms with Crippen molar-refractivity contribution in [3.8, 4) is 5.75 Å². The Labute approximate surface area is 90.1 Å². The average molecular weight is 285 g/mol. The smallest absolute Gasteiger partial charge is 0.132 e. The van der Waals surface area contributed by atoms with Crippen LogP contribution in [0.25, 0.3) is 10.8 Å². The van der Waals surface area contributed by atoms with Gasteiger partial charge in [-0.1, -0.05) is 6.07 Å². The highest BCUT2D eigenvalue weighted by Gasteiger charge is 2.03. The highest BCUT2D eigenvalue weighted by molar-refractivity contribution is 14.1. The summed E-state index contributed by atoms with van der Waals surface area (Å²) in [6, 6.07) is 6.01. The number of halogens is 1. The number of nitrogens with zero attached hydrogens (tertiary/aromatic N) is 1. The minimum Gasteiger partial charge on any atom is -0.496 e. The molecule has 2 nitrogen and oxygen atoms in total. The Bertz CT molecular complexity index is 442. The third kappa shape index (κ3) is 1.48. The molecular formula is C10H8INO. The maximum absolute atomic E-state index is 5.22. The number of fused-ring (bicyclic) bond motifs is 1. The normalized spacial score (nSPS) is 10.3. The first kappa shape index (κ1) is 8.74. The van der Waals surface area contributed by atoms with Crippen LogP contribution in [0.1, 0.15) is 0 Å². The van der Waals surface area contributed by atoms with Crippen molar-refractivity contribution >= 4 is 33.4 Å². The largest absolute Gasteiger partial charge is 0.496 e. The van der Waals surface area contributed by atoms with Gasteiger partial charge in [0.25, 0.3) is 0 Å². The van der Waals surface area contributed by atoms with Gasteiger partial charge >= 0.3 is 0 Å². The second kappa shape index (κ2) is 3.49. The number of benzene rings is 1. The molecule has 0 bridgehead atoms. The fraction of sp³-hybridized carbons (Fsp3) is 0.100. The van der Waals surface area contributed by atoms with Crippen LogP contribution in [0.15, 0.2) is 30.6 Å². The van der Waals surface area contributed by atoms with Crippen molar-refractivity contribution in [2.24, 2.45) is 0 Å². The van der Waals surface area contributed by atoms with Crippen LogP contribution in [0.5, 0.6) is 5.75 Å². The summed E-state index contributed by atoms with van der Waals surface area (Å²) in [5.74, 6) is 0.904. The maximum atomic E-state index is 5.22. The predicted octanol–water partition coefficient (Wildman–Crippen LogP) is 2.85. The molecule has 0 spiro atoms. The summed E-state index contributed by atoms with van der Waals surface area (Å²) in [6.07, 6.45) is 3.66. The second-order valence-electron chi connectivity index (χ2n) is 2.68. The van der Waals surface area contributed by atoms with Gasteiger partial charge in [0.2, 0.25) is 0 Å². The van der Waals surface area contributed by atoms with Crippen LogP contribution in [0.3, 0.4) is 0 Å². The molecule has 1 aromatic heterocycles. The van der Waals surface area contributed by atoms with Crippen LogP contribution in [0, 0.1) is 3.57 Å². The average Bonchev–Trinajstić information content (AvgIpc) is 2.19. The van der Waals surface area contributed by atoms with Gasteiger partial charge in [-0.3, -0.25) is 4.98 Å². The number of pyridine rings is 1. The molecule has 2 rings (SSSR count). The first-order valence-corrected chi connectivity index (χ1v) is 4.97. The Morgan fingerprint density at radius 2 is 2.15 bits per heavy atom. The van der Waals surface area contributed by atoms with E-state index in [-0.39, 0.29) is 0 Å². The molecule has 1 heterocycles. The Morgan fingerprint density at radius 3 is 2.92 bits per heavy atom. The SMILES string of the molecule is COc1ccc2ccncc2c1I. The second-order valence-corrected chi connectivity index (χ2v) is 3.76. The monoisotopic (exact) mass is 285 g/mol. The molecule has 3 heteroatoms. The zero-order valence-electron chi connectivity index (χ0n) is 7.12. The van der Waals surface area contributed by atoms with Gasteiger partial charge in [0, 0.05) is 17.8 Å². The topological polar surface area (TPSA) is 22.1 Å². The molecule has 0 saturated heterocycles. The van der Waals surface area contributed by atoms with Crippen molar-refractivity contribution in [3.05, 3.63) is 34.2 Å². The number of rotatable bonds is 1. The summed E-state index contributed by atoms with van der Waals surface area (Å²) in [5.41, 5.74) is 0. The predicted molar refractivity (Wildman–Crippen MR) is 61.0 cm³/mol. The standard InChI is InChI=1S/C10H8INO/c1-13-9-3-2-7-4-5-12-6-8(7)10(9)11/h2-6H,1H3. The number of ether oxygens (including phenoxy) is 1.